The van der Waals surface area contributed by atoms with Gasteiger partial charge in [-0.25, -0.2) is 8.42 Å². The molecular formula is C10H16N4O3S. The summed E-state index contributed by atoms with van der Waals surface area (Å²) in [6, 6.07) is 2.88. The van der Waals surface area contributed by atoms with Crippen LogP contribution in [0, 0.1) is 0 Å². The van der Waals surface area contributed by atoms with Crippen molar-refractivity contribution in [2.75, 3.05) is 0 Å². The van der Waals surface area contributed by atoms with Crippen molar-refractivity contribution in [3.8, 4) is 0 Å². The maximum atomic E-state index is 12.0. The van der Waals surface area contributed by atoms with Crippen molar-refractivity contribution in [2.24, 2.45) is 11.5 Å². The Morgan fingerprint density at radius 1 is 1.44 bits per heavy atom. The molecule has 0 bridgehead atoms. The summed E-state index contributed by atoms with van der Waals surface area (Å²) >= 11 is 0. The molecule has 0 aliphatic rings. The van der Waals surface area contributed by atoms with Gasteiger partial charge in [-0.15, -0.1) is 0 Å². The average molecular weight is 272 g/mol. The molecule has 100 valence electrons. The zero-order chi connectivity index (χ0) is 14.0. The third-order valence-electron chi connectivity index (χ3n) is 2.32. The van der Waals surface area contributed by atoms with Gasteiger partial charge in [-0.3, -0.25) is 9.78 Å². The lowest BCUT2D eigenvalue weighted by Crippen LogP contribution is -2.52. The molecule has 0 fully saturated rings. The summed E-state index contributed by atoms with van der Waals surface area (Å²) in [6.07, 6.45) is 1.18. The molecule has 0 aliphatic heterocycles. The summed E-state index contributed by atoms with van der Waals surface area (Å²) in [6.45, 7) is 2.99. The third-order valence-corrected chi connectivity index (χ3v) is 3.96. The molecule has 0 atom stereocenters. The van der Waals surface area contributed by atoms with Gasteiger partial charge in [-0.2, -0.15) is 4.72 Å². The average Bonchev–Trinajstić information content (AvgIpc) is 2.27. The first-order valence-corrected chi connectivity index (χ1v) is 6.66. The van der Waals surface area contributed by atoms with Crippen molar-refractivity contribution in [1.82, 2.24) is 9.71 Å². The first-order valence-electron chi connectivity index (χ1n) is 5.18. The third kappa shape index (κ3) is 3.25. The van der Waals surface area contributed by atoms with E-state index in [-0.39, 0.29) is 11.4 Å². The fourth-order valence-corrected chi connectivity index (χ4v) is 2.46. The van der Waals surface area contributed by atoms with Crippen LogP contribution >= 0.6 is 0 Å². The minimum absolute atomic E-state index is 0.0472. The number of amides is 1. The number of primary amides is 1. The molecule has 1 amide bonds. The monoisotopic (exact) mass is 272 g/mol. The van der Waals surface area contributed by atoms with E-state index in [0.717, 1.165) is 0 Å². The molecule has 0 unspecified atom stereocenters. The summed E-state index contributed by atoms with van der Waals surface area (Å²) < 4.78 is 26.1. The standard InChI is InChI=1S/C10H16N4O3S/c1-10(2,9(12)15)14-18(16,17)8-4-3-7(5-11)13-6-8/h3-4,6,14H,5,11H2,1-2H3,(H2,12,15). The molecule has 5 N–H and O–H groups in total. The molecule has 1 rings (SSSR count). The summed E-state index contributed by atoms with van der Waals surface area (Å²) in [4.78, 5) is 14.9. The minimum Gasteiger partial charge on any atom is -0.368 e. The smallest absolute Gasteiger partial charge is 0.243 e. The highest BCUT2D eigenvalue weighted by Crippen LogP contribution is 2.12. The van der Waals surface area contributed by atoms with Crippen LogP contribution in [-0.4, -0.2) is 24.8 Å². The van der Waals surface area contributed by atoms with E-state index in [1.165, 1.54) is 32.2 Å². The van der Waals surface area contributed by atoms with Crippen molar-refractivity contribution < 1.29 is 13.2 Å². The molecule has 0 aromatic carbocycles. The van der Waals surface area contributed by atoms with Crippen molar-refractivity contribution in [1.29, 1.82) is 0 Å². The molecule has 18 heavy (non-hydrogen) atoms. The largest absolute Gasteiger partial charge is 0.368 e. The Morgan fingerprint density at radius 2 is 2.06 bits per heavy atom. The van der Waals surface area contributed by atoms with Crippen LogP contribution in [0.15, 0.2) is 23.2 Å². The highest BCUT2D eigenvalue weighted by atomic mass is 32.2. The summed E-state index contributed by atoms with van der Waals surface area (Å²) in [7, 11) is -3.84. The van der Waals surface area contributed by atoms with Gasteiger partial charge in [0, 0.05) is 12.7 Å². The van der Waals surface area contributed by atoms with Crippen molar-refractivity contribution >= 4 is 15.9 Å². The molecule has 0 aliphatic carbocycles. The van der Waals surface area contributed by atoms with Crippen LogP contribution in [0.2, 0.25) is 0 Å². The molecule has 1 aromatic heterocycles. The number of hydrogen-bond acceptors (Lipinski definition) is 5. The maximum Gasteiger partial charge on any atom is 0.243 e. The molecular weight excluding hydrogens is 256 g/mol. The molecule has 8 heteroatoms. The fraction of sp³-hybridized carbons (Fsp3) is 0.400. The van der Waals surface area contributed by atoms with Gasteiger partial charge in [-0.05, 0) is 26.0 Å². The second-order valence-electron chi connectivity index (χ2n) is 4.28. The lowest BCUT2D eigenvalue weighted by molar-refractivity contribution is -0.122. The van der Waals surface area contributed by atoms with E-state index in [1.54, 1.807) is 0 Å². The number of rotatable bonds is 5. The number of nitrogens with one attached hydrogen (secondary N) is 1. The van der Waals surface area contributed by atoms with Gasteiger partial charge in [-0.1, -0.05) is 0 Å². The Bertz CT molecular complexity index is 537. The second-order valence-corrected chi connectivity index (χ2v) is 5.97. The number of hydrogen-bond donors (Lipinski definition) is 3. The van der Waals surface area contributed by atoms with Gasteiger partial charge in [0.2, 0.25) is 15.9 Å². The van der Waals surface area contributed by atoms with E-state index >= 15 is 0 Å². The van der Waals surface area contributed by atoms with Crippen molar-refractivity contribution in [3.05, 3.63) is 24.0 Å². The minimum atomic E-state index is -3.84. The zero-order valence-electron chi connectivity index (χ0n) is 10.2. The topological polar surface area (TPSA) is 128 Å². The number of sulfonamides is 1. The van der Waals surface area contributed by atoms with Crippen LogP contribution in [-0.2, 0) is 21.4 Å². The summed E-state index contributed by atoms with van der Waals surface area (Å²) in [5.41, 5.74) is 9.67. The Kier molecular flexibility index (Phi) is 4.05. The van der Waals surface area contributed by atoms with E-state index in [0.29, 0.717) is 5.69 Å². The maximum absolute atomic E-state index is 12.0. The van der Waals surface area contributed by atoms with Gasteiger partial charge < -0.3 is 11.5 Å². The number of nitrogens with zero attached hydrogens (tertiary/aromatic N) is 1. The lowest BCUT2D eigenvalue weighted by atomic mass is 10.1. The fourth-order valence-electron chi connectivity index (χ4n) is 1.14. The first kappa shape index (κ1) is 14.6. The predicted molar refractivity (Wildman–Crippen MR) is 65.7 cm³/mol. The number of pyridine rings is 1. The van der Waals surface area contributed by atoms with Crippen LogP contribution in [0.25, 0.3) is 0 Å². The van der Waals surface area contributed by atoms with E-state index in [4.69, 9.17) is 11.5 Å². The Labute approximate surface area is 106 Å². The van der Waals surface area contributed by atoms with Crippen LogP contribution in [0.3, 0.4) is 0 Å². The Morgan fingerprint density at radius 3 is 2.44 bits per heavy atom. The van der Waals surface area contributed by atoms with E-state index < -0.39 is 21.5 Å². The van der Waals surface area contributed by atoms with Crippen molar-refractivity contribution in [3.63, 3.8) is 0 Å². The number of aromatic nitrogens is 1. The van der Waals surface area contributed by atoms with Crippen LogP contribution in [0.1, 0.15) is 19.5 Å². The van der Waals surface area contributed by atoms with Crippen LogP contribution in [0.4, 0.5) is 0 Å². The van der Waals surface area contributed by atoms with E-state index in [1.807, 2.05) is 0 Å². The lowest BCUT2D eigenvalue weighted by Gasteiger charge is -2.21. The predicted octanol–water partition coefficient (Wildman–Crippen LogP) is -0.917. The van der Waals surface area contributed by atoms with E-state index in [9.17, 15) is 13.2 Å². The summed E-state index contributed by atoms with van der Waals surface area (Å²) in [5.74, 6) is -0.766. The first-order chi connectivity index (χ1) is 8.19. The molecule has 0 radical (unpaired) electrons. The van der Waals surface area contributed by atoms with Gasteiger partial charge in [0.25, 0.3) is 0 Å². The molecule has 0 spiro atoms. The second kappa shape index (κ2) is 5.01. The van der Waals surface area contributed by atoms with Crippen LogP contribution in [0.5, 0.6) is 0 Å². The van der Waals surface area contributed by atoms with Gasteiger partial charge in [0.1, 0.15) is 10.4 Å². The summed E-state index contributed by atoms with van der Waals surface area (Å²) in [5, 5.41) is 0. The highest BCUT2D eigenvalue weighted by molar-refractivity contribution is 7.89. The molecule has 1 heterocycles. The van der Waals surface area contributed by atoms with Gasteiger partial charge in [0.05, 0.1) is 5.69 Å². The van der Waals surface area contributed by atoms with Gasteiger partial charge >= 0.3 is 0 Å². The Hall–Kier alpha value is -1.51. The van der Waals surface area contributed by atoms with E-state index in [2.05, 4.69) is 9.71 Å². The molecule has 0 saturated heterocycles. The molecule has 7 nitrogen and oxygen atoms in total. The SMILES string of the molecule is CC(C)(NS(=O)(=O)c1ccc(CN)nc1)C(N)=O. The number of carbonyl (C=O) groups is 1. The quantitative estimate of drug-likeness (QED) is 0.638. The molecule has 1 aromatic rings. The zero-order valence-corrected chi connectivity index (χ0v) is 11.0. The number of nitrogens with two attached hydrogens (primary N) is 2. The Balaban J connectivity index is 3.03. The molecule has 0 saturated carbocycles. The highest BCUT2D eigenvalue weighted by Gasteiger charge is 2.31. The number of carbonyl (C=O) groups excluding carboxylic acids is 1. The van der Waals surface area contributed by atoms with Crippen LogP contribution < -0.4 is 16.2 Å². The normalized spacial score (nSPS) is 12.4. The van der Waals surface area contributed by atoms with Gasteiger partial charge in [0.15, 0.2) is 0 Å². The van der Waals surface area contributed by atoms with Crippen molar-refractivity contribution in [2.45, 2.75) is 30.8 Å².